The maximum Gasteiger partial charge on any atom is 0.211 e. The molecule has 7 heteroatoms. The molecule has 0 saturated heterocycles. The maximum absolute atomic E-state index is 5.70. The Morgan fingerprint density at radius 1 is 1.30 bits per heavy atom. The molecule has 1 unspecified atom stereocenters. The predicted octanol–water partition coefficient (Wildman–Crippen LogP) is 3.48. The zero-order chi connectivity index (χ0) is 15.7. The van der Waals surface area contributed by atoms with E-state index in [-0.39, 0.29) is 18.4 Å². The zero-order valence-corrected chi connectivity index (χ0v) is 15.0. The number of hydrogen-bond acceptors (Lipinski definition) is 3. The summed E-state index contributed by atoms with van der Waals surface area (Å²) in [5.41, 5.74) is 15.0. The standard InChI is InChI=1S/C16H17BrN4O.ClH/c1-9-8-22-14-7-11(10-3-2-4-12(17)5-10)6-13(15(9)14)20-21-16(18)19;/h2-5,8,11H,6-7H2,1H3,(H4,18,19,21);1H/b20-13-;. The molecule has 0 fully saturated rings. The van der Waals surface area contributed by atoms with Gasteiger partial charge in [-0.05, 0) is 42.5 Å². The van der Waals surface area contributed by atoms with E-state index in [9.17, 15) is 0 Å². The lowest BCUT2D eigenvalue weighted by atomic mass is 9.81. The van der Waals surface area contributed by atoms with Crippen LogP contribution in [0.4, 0.5) is 0 Å². The van der Waals surface area contributed by atoms with Crippen molar-refractivity contribution < 1.29 is 4.42 Å². The van der Waals surface area contributed by atoms with E-state index < -0.39 is 0 Å². The van der Waals surface area contributed by atoms with Gasteiger partial charge in [0.2, 0.25) is 5.96 Å². The number of nitrogens with zero attached hydrogens (tertiary/aromatic N) is 2. The second-order valence-electron chi connectivity index (χ2n) is 5.45. The van der Waals surface area contributed by atoms with Gasteiger partial charge in [-0.25, -0.2) is 0 Å². The molecule has 0 radical (unpaired) electrons. The van der Waals surface area contributed by atoms with Crippen LogP contribution in [0, 0.1) is 6.92 Å². The lowest BCUT2D eigenvalue weighted by Crippen LogP contribution is -2.23. The third-order valence-electron chi connectivity index (χ3n) is 3.82. The molecular weight excluding hydrogens is 380 g/mol. The molecule has 23 heavy (non-hydrogen) atoms. The fourth-order valence-corrected chi connectivity index (χ4v) is 3.29. The van der Waals surface area contributed by atoms with Crippen molar-refractivity contribution in [2.24, 2.45) is 21.7 Å². The SMILES string of the molecule is Cc1coc2c1/C(=N\N=C(N)N)CC(c1cccc(Br)c1)C2.Cl. The largest absolute Gasteiger partial charge is 0.468 e. The van der Waals surface area contributed by atoms with Crippen molar-refractivity contribution in [3.8, 4) is 0 Å². The Balaban J connectivity index is 0.00000192. The lowest BCUT2D eigenvalue weighted by molar-refractivity contribution is 0.480. The third-order valence-corrected chi connectivity index (χ3v) is 4.31. The first kappa shape index (κ1) is 17.6. The number of guanidine groups is 1. The Morgan fingerprint density at radius 2 is 2.09 bits per heavy atom. The van der Waals surface area contributed by atoms with Gasteiger partial charge in [0.15, 0.2) is 0 Å². The minimum Gasteiger partial charge on any atom is -0.468 e. The highest BCUT2D eigenvalue weighted by molar-refractivity contribution is 9.10. The molecule has 1 aromatic carbocycles. The fourth-order valence-electron chi connectivity index (χ4n) is 2.87. The van der Waals surface area contributed by atoms with Crippen molar-refractivity contribution in [3.63, 3.8) is 0 Å². The molecule has 3 rings (SSSR count). The average molecular weight is 398 g/mol. The predicted molar refractivity (Wildman–Crippen MR) is 98.2 cm³/mol. The summed E-state index contributed by atoms with van der Waals surface area (Å²) >= 11 is 3.52. The number of hydrogen-bond donors (Lipinski definition) is 2. The second kappa shape index (κ2) is 7.19. The molecular formula is C16H18BrClN4O. The Bertz CT molecular complexity index is 765. The first-order chi connectivity index (χ1) is 10.5. The van der Waals surface area contributed by atoms with Crippen molar-refractivity contribution in [1.82, 2.24) is 0 Å². The highest BCUT2D eigenvalue weighted by Gasteiger charge is 2.29. The van der Waals surface area contributed by atoms with Gasteiger partial charge in [-0.3, -0.25) is 0 Å². The first-order valence-corrected chi connectivity index (χ1v) is 7.82. The molecule has 1 atom stereocenters. The number of halogens is 2. The second-order valence-corrected chi connectivity index (χ2v) is 6.36. The molecule has 0 saturated carbocycles. The summed E-state index contributed by atoms with van der Waals surface area (Å²) < 4.78 is 6.77. The smallest absolute Gasteiger partial charge is 0.211 e. The maximum atomic E-state index is 5.70. The van der Waals surface area contributed by atoms with E-state index >= 15 is 0 Å². The minimum atomic E-state index is -0.0419. The summed E-state index contributed by atoms with van der Waals surface area (Å²) in [6, 6.07) is 8.30. The van der Waals surface area contributed by atoms with Gasteiger partial charge in [-0.2, -0.15) is 5.10 Å². The summed E-state index contributed by atoms with van der Waals surface area (Å²) in [7, 11) is 0. The monoisotopic (exact) mass is 396 g/mol. The van der Waals surface area contributed by atoms with Crippen LogP contribution in [-0.2, 0) is 6.42 Å². The van der Waals surface area contributed by atoms with Crippen molar-refractivity contribution in [2.45, 2.75) is 25.7 Å². The Morgan fingerprint density at radius 3 is 2.78 bits per heavy atom. The van der Waals surface area contributed by atoms with Crippen molar-refractivity contribution in [1.29, 1.82) is 0 Å². The van der Waals surface area contributed by atoms with Crippen molar-refractivity contribution in [2.75, 3.05) is 0 Å². The van der Waals surface area contributed by atoms with Gasteiger partial charge in [0, 0.05) is 16.5 Å². The number of nitrogens with two attached hydrogens (primary N) is 2. The molecule has 0 bridgehead atoms. The van der Waals surface area contributed by atoms with Gasteiger partial charge in [0.1, 0.15) is 5.76 Å². The molecule has 0 aliphatic heterocycles. The minimum absolute atomic E-state index is 0. The van der Waals surface area contributed by atoms with Crippen LogP contribution in [0.15, 0.2) is 49.6 Å². The van der Waals surface area contributed by atoms with Crippen LogP contribution < -0.4 is 11.5 Å². The fraction of sp³-hybridized carbons (Fsp3) is 0.250. The highest BCUT2D eigenvalue weighted by atomic mass is 79.9. The molecule has 1 heterocycles. The van der Waals surface area contributed by atoms with E-state index in [0.29, 0.717) is 5.92 Å². The summed E-state index contributed by atoms with van der Waals surface area (Å²) in [4.78, 5) is 0. The van der Waals surface area contributed by atoms with Gasteiger partial charge in [0.25, 0.3) is 0 Å². The summed E-state index contributed by atoms with van der Waals surface area (Å²) in [5.74, 6) is 1.20. The van der Waals surface area contributed by atoms with Crippen LogP contribution in [0.25, 0.3) is 0 Å². The van der Waals surface area contributed by atoms with Gasteiger partial charge < -0.3 is 15.9 Å². The third kappa shape index (κ3) is 3.76. The van der Waals surface area contributed by atoms with Crippen LogP contribution in [0.3, 0.4) is 0 Å². The molecule has 122 valence electrons. The van der Waals surface area contributed by atoms with E-state index in [2.05, 4.69) is 38.3 Å². The lowest BCUT2D eigenvalue weighted by Gasteiger charge is -2.23. The molecule has 1 aliphatic carbocycles. The molecule has 1 aromatic heterocycles. The molecule has 0 spiro atoms. The summed E-state index contributed by atoms with van der Waals surface area (Å²) in [5, 5.41) is 8.06. The van der Waals surface area contributed by atoms with Crippen LogP contribution in [-0.4, -0.2) is 11.7 Å². The quantitative estimate of drug-likeness (QED) is 0.462. The van der Waals surface area contributed by atoms with Crippen LogP contribution in [0.2, 0.25) is 0 Å². The number of aryl methyl sites for hydroxylation is 1. The number of benzene rings is 1. The Kier molecular flexibility index (Phi) is 5.49. The molecule has 4 N–H and O–H groups in total. The van der Waals surface area contributed by atoms with Crippen LogP contribution >= 0.6 is 28.3 Å². The van der Waals surface area contributed by atoms with Crippen molar-refractivity contribution in [3.05, 3.63) is 57.5 Å². The Labute approximate surface area is 149 Å². The average Bonchev–Trinajstić information content (AvgIpc) is 2.86. The molecule has 2 aromatic rings. The van der Waals surface area contributed by atoms with Gasteiger partial charge in [-0.1, -0.05) is 28.1 Å². The van der Waals surface area contributed by atoms with E-state index in [1.54, 1.807) is 6.26 Å². The van der Waals surface area contributed by atoms with Crippen molar-refractivity contribution >= 4 is 40.0 Å². The molecule has 1 aliphatic rings. The van der Waals surface area contributed by atoms with E-state index in [4.69, 9.17) is 15.9 Å². The van der Waals surface area contributed by atoms with Gasteiger partial charge >= 0.3 is 0 Å². The number of rotatable bonds is 2. The summed E-state index contributed by atoms with van der Waals surface area (Å²) in [6.45, 7) is 2.01. The van der Waals surface area contributed by atoms with Gasteiger partial charge in [0.05, 0.1) is 12.0 Å². The number of furan rings is 1. The molecule has 0 amide bonds. The highest BCUT2D eigenvalue weighted by Crippen LogP contribution is 2.36. The van der Waals surface area contributed by atoms with E-state index in [1.165, 1.54) is 5.56 Å². The zero-order valence-electron chi connectivity index (χ0n) is 12.6. The molecule has 5 nitrogen and oxygen atoms in total. The van der Waals surface area contributed by atoms with Crippen LogP contribution in [0.5, 0.6) is 0 Å². The number of fused-ring (bicyclic) bond motifs is 1. The van der Waals surface area contributed by atoms with Gasteiger partial charge in [-0.15, -0.1) is 17.5 Å². The first-order valence-electron chi connectivity index (χ1n) is 7.03. The van der Waals surface area contributed by atoms with Crippen LogP contribution in [0.1, 0.15) is 34.8 Å². The van der Waals surface area contributed by atoms with E-state index in [1.807, 2.05) is 19.1 Å². The normalized spacial score (nSPS) is 18.2. The summed E-state index contributed by atoms with van der Waals surface area (Å²) in [6.07, 6.45) is 3.39. The van der Waals surface area contributed by atoms with E-state index in [0.717, 1.165) is 39.9 Å². The topological polar surface area (TPSA) is 89.9 Å². The Hall–Kier alpha value is -1.79.